The zero-order valence-electron chi connectivity index (χ0n) is 10.1. The van der Waals surface area contributed by atoms with Crippen LogP contribution < -0.4 is 0 Å². The number of carbonyl (C=O) groups excluding carboxylic acids is 1. The number of fused-ring (bicyclic) bond motifs is 1. The van der Waals surface area contributed by atoms with E-state index in [1.807, 2.05) is 55.5 Å². The van der Waals surface area contributed by atoms with Gasteiger partial charge in [0.2, 0.25) is 0 Å². The standard InChI is InChI=1S/C16H13NO/c1-11-6-2-3-7-12(11)16-14(10-18)13-8-4-5-9-15(13)17-16/h2-10,14H,1H3. The van der Waals surface area contributed by atoms with Crippen LogP contribution in [0, 0.1) is 6.92 Å². The van der Waals surface area contributed by atoms with Gasteiger partial charge < -0.3 is 4.79 Å². The summed E-state index contributed by atoms with van der Waals surface area (Å²) in [5.74, 6) is -0.234. The van der Waals surface area contributed by atoms with Gasteiger partial charge in [0.05, 0.1) is 17.3 Å². The Morgan fingerprint density at radius 1 is 1.06 bits per heavy atom. The monoisotopic (exact) mass is 235 g/mol. The first kappa shape index (κ1) is 10.9. The van der Waals surface area contributed by atoms with Gasteiger partial charge in [-0.25, -0.2) is 0 Å². The van der Waals surface area contributed by atoms with Gasteiger partial charge in [0, 0.05) is 0 Å². The molecule has 0 fully saturated rings. The number of benzene rings is 2. The van der Waals surface area contributed by atoms with E-state index in [-0.39, 0.29) is 5.92 Å². The van der Waals surface area contributed by atoms with Crippen molar-refractivity contribution in [2.75, 3.05) is 0 Å². The Bertz CT molecular complexity index is 643. The number of nitrogens with zero attached hydrogens (tertiary/aromatic N) is 1. The fourth-order valence-electron chi connectivity index (χ4n) is 2.42. The third kappa shape index (κ3) is 1.58. The molecule has 0 bridgehead atoms. The van der Waals surface area contributed by atoms with Crippen LogP contribution >= 0.6 is 0 Å². The maximum absolute atomic E-state index is 11.4. The van der Waals surface area contributed by atoms with E-state index >= 15 is 0 Å². The Hall–Kier alpha value is -2.22. The van der Waals surface area contributed by atoms with Gasteiger partial charge in [-0.05, 0) is 29.7 Å². The summed E-state index contributed by atoms with van der Waals surface area (Å²) in [6.07, 6.45) is 0.983. The Morgan fingerprint density at radius 2 is 1.78 bits per heavy atom. The lowest BCUT2D eigenvalue weighted by atomic mass is 9.91. The molecular formula is C16H13NO. The van der Waals surface area contributed by atoms with Gasteiger partial charge in [-0.3, -0.25) is 4.99 Å². The van der Waals surface area contributed by atoms with Crippen LogP contribution in [-0.4, -0.2) is 12.0 Å². The first-order valence-electron chi connectivity index (χ1n) is 6.00. The molecule has 0 amide bonds. The molecule has 3 rings (SSSR count). The number of hydrogen-bond donors (Lipinski definition) is 0. The minimum Gasteiger partial charge on any atom is -0.302 e. The van der Waals surface area contributed by atoms with Crippen molar-refractivity contribution in [1.82, 2.24) is 0 Å². The number of rotatable bonds is 2. The summed E-state index contributed by atoms with van der Waals surface area (Å²) in [6.45, 7) is 2.04. The second-order valence-corrected chi connectivity index (χ2v) is 4.48. The molecule has 0 radical (unpaired) electrons. The average molecular weight is 235 g/mol. The Kier molecular flexibility index (Phi) is 2.56. The van der Waals surface area contributed by atoms with Crippen LogP contribution in [0.3, 0.4) is 0 Å². The quantitative estimate of drug-likeness (QED) is 0.733. The number of hydrogen-bond acceptors (Lipinski definition) is 2. The molecule has 1 aliphatic heterocycles. The molecule has 1 aliphatic rings. The number of aryl methyl sites for hydroxylation is 1. The zero-order valence-corrected chi connectivity index (χ0v) is 10.1. The van der Waals surface area contributed by atoms with E-state index in [2.05, 4.69) is 4.99 Å². The SMILES string of the molecule is Cc1ccccc1C1=Nc2ccccc2C1C=O. The predicted octanol–water partition coefficient (Wildman–Crippen LogP) is 3.41. The van der Waals surface area contributed by atoms with Crippen LogP contribution in [0.15, 0.2) is 53.5 Å². The highest BCUT2D eigenvalue weighted by Crippen LogP contribution is 2.36. The number of aliphatic imine (C=N–C) groups is 1. The summed E-state index contributed by atoms with van der Waals surface area (Å²) in [6, 6.07) is 15.9. The second-order valence-electron chi connectivity index (χ2n) is 4.48. The smallest absolute Gasteiger partial charge is 0.133 e. The fraction of sp³-hybridized carbons (Fsp3) is 0.125. The Balaban J connectivity index is 2.16. The first-order valence-corrected chi connectivity index (χ1v) is 6.00. The molecule has 2 nitrogen and oxygen atoms in total. The second kappa shape index (κ2) is 4.22. The molecule has 2 aromatic carbocycles. The van der Waals surface area contributed by atoms with E-state index in [9.17, 15) is 4.79 Å². The third-order valence-corrected chi connectivity index (χ3v) is 3.36. The molecule has 2 heteroatoms. The number of aldehydes is 1. The van der Waals surface area contributed by atoms with E-state index in [1.54, 1.807) is 0 Å². The van der Waals surface area contributed by atoms with Crippen molar-refractivity contribution in [3.05, 3.63) is 65.2 Å². The molecule has 0 spiro atoms. The fourth-order valence-corrected chi connectivity index (χ4v) is 2.42. The molecule has 0 N–H and O–H groups in total. The lowest BCUT2D eigenvalue weighted by molar-refractivity contribution is -0.107. The van der Waals surface area contributed by atoms with E-state index in [0.29, 0.717) is 0 Å². The van der Waals surface area contributed by atoms with Gasteiger partial charge in [0.15, 0.2) is 0 Å². The summed E-state index contributed by atoms with van der Waals surface area (Å²) in [5.41, 5.74) is 4.99. The van der Waals surface area contributed by atoms with Crippen LogP contribution in [0.5, 0.6) is 0 Å². The topological polar surface area (TPSA) is 29.4 Å². The van der Waals surface area contributed by atoms with Gasteiger partial charge in [0.1, 0.15) is 6.29 Å². The molecule has 18 heavy (non-hydrogen) atoms. The highest BCUT2D eigenvalue weighted by molar-refractivity contribution is 6.17. The number of para-hydroxylation sites is 1. The molecule has 1 heterocycles. The molecule has 0 aromatic heterocycles. The van der Waals surface area contributed by atoms with Gasteiger partial charge >= 0.3 is 0 Å². The normalized spacial score (nSPS) is 17.2. The lowest BCUT2D eigenvalue weighted by Crippen LogP contribution is -2.12. The predicted molar refractivity (Wildman–Crippen MR) is 72.6 cm³/mol. The number of carbonyl (C=O) groups is 1. The van der Waals surface area contributed by atoms with Crippen molar-refractivity contribution >= 4 is 17.7 Å². The van der Waals surface area contributed by atoms with Gasteiger partial charge in [-0.1, -0.05) is 42.5 Å². The summed E-state index contributed by atoms with van der Waals surface area (Å²) in [5, 5.41) is 0. The highest BCUT2D eigenvalue weighted by atomic mass is 16.1. The van der Waals surface area contributed by atoms with Crippen molar-refractivity contribution in [3.8, 4) is 0 Å². The Labute approximate surface area is 106 Å². The van der Waals surface area contributed by atoms with E-state index < -0.39 is 0 Å². The summed E-state index contributed by atoms with van der Waals surface area (Å²) >= 11 is 0. The van der Waals surface area contributed by atoms with Gasteiger partial charge in [-0.2, -0.15) is 0 Å². The average Bonchev–Trinajstić information content (AvgIpc) is 2.77. The third-order valence-electron chi connectivity index (χ3n) is 3.36. The van der Waals surface area contributed by atoms with Crippen LogP contribution in [-0.2, 0) is 4.79 Å². The van der Waals surface area contributed by atoms with E-state index in [1.165, 1.54) is 0 Å². The Morgan fingerprint density at radius 3 is 2.56 bits per heavy atom. The van der Waals surface area contributed by atoms with Crippen LogP contribution in [0.4, 0.5) is 5.69 Å². The largest absolute Gasteiger partial charge is 0.302 e. The van der Waals surface area contributed by atoms with E-state index in [0.717, 1.165) is 34.4 Å². The molecule has 88 valence electrons. The van der Waals surface area contributed by atoms with Crippen molar-refractivity contribution in [2.24, 2.45) is 4.99 Å². The van der Waals surface area contributed by atoms with Gasteiger partial charge in [0.25, 0.3) is 0 Å². The maximum atomic E-state index is 11.4. The van der Waals surface area contributed by atoms with Crippen LogP contribution in [0.1, 0.15) is 22.6 Å². The van der Waals surface area contributed by atoms with Crippen molar-refractivity contribution in [3.63, 3.8) is 0 Å². The van der Waals surface area contributed by atoms with Crippen LogP contribution in [0.25, 0.3) is 0 Å². The van der Waals surface area contributed by atoms with Crippen molar-refractivity contribution in [1.29, 1.82) is 0 Å². The molecule has 1 unspecified atom stereocenters. The minimum atomic E-state index is -0.234. The molecule has 2 aromatic rings. The highest BCUT2D eigenvalue weighted by Gasteiger charge is 2.28. The van der Waals surface area contributed by atoms with Crippen molar-refractivity contribution in [2.45, 2.75) is 12.8 Å². The van der Waals surface area contributed by atoms with Crippen LogP contribution in [0.2, 0.25) is 0 Å². The lowest BCUT2D eigenvalue weighted by Gasteiger charge is -2.10. The molecule has 1 atom stereocenters. The zero-order chi connectivity index (χ0) is 12.5. The minimum absolute atomic E-state index is 0.234. The van der Waals surface area contributed by atoms with Crippen molar-refractivity contribution < 1.29 is 4.79 Å². The molecular weight excluding hydrogens is 222 g/mol. The molecule has 0 saturated carbocycles. The summed E-state index contributed by atoms with van der Waals surface area (Å²) in [7, 11) is 0. The molecule has 0 aliphatic carbocycles. The van der Waals surface area contributed by atoms with E-state index in [4.69, 9.17) is 0 Å². The summed E-state index contributed by atoms with van der Waals surface area (Å²) in [4.78, 5) is 16.0. The maximum Gasteiger partial charge on any atom is 0.133 e. The van der Waals surface area contributed by atoms with Gasteiger partial charge in [-0.15, -0.1) is 0 Å². The first-order chi connectivity index (χ1) is 8.81. The molecule has 0 saturated heterocycles. The summed E-state index contributed by atoms with van der Waals surface area (Å²) < 4.78 is 0.